The number of nitrogen functional groups attached to an aromatic ring is 1. The Morgan fingerprint density at radius 1 is 1.29 bits per heavy atom. The molecule has 0 amide bonds. The first-order valence-corrected chi connectivity index (χ1v) is 6.13. The minimum atomic E-state index is -0.0877. The minimum Gasteiger partial charge on any atom is -0.482 e. The van der Waals surface area contributed by atoms with Gasteiger partial charge in [-0.25, -0.2) is 0 Å². The average molecular weight is 230 g/mol. The summed E-state index contributed by atoms with van der Waals surface area (Å²) in [5.41, 5.74) is 7.57. The molecule has 90 valence electrons. The van der Waals surface area contributed by atoms with E-state index in [0.717, 1.165) is 42.9 Å². The molecule has 0 saturated carbocycles. The molecule has 0 unspecified atom stereocenters. The molecular formula is C14H18N2O. The van der Waals surface area contributed by atoms with Crippen molar-refractivity contribution in [3.05, 3.63) is 29.8 Å². The van der Waals surface area contributed by atoms with Crippen LogP contribution < -0.4 is 10.5 Å². The van der Waals surface area contributed by atoms with Crippen molar-refractivity contribution >= 4 is 11.8 Å². The van der Waals surface area contributed by atoms with Crippen LogP contribution >= 0.6 is 0 Å². The number of likely N-dealkylation sites (tertiary alicyclic amines) is 1. The molecule has 1 aromatic carbocycles. The van der Waals surface area contributed by atoms with Crippen molar-refractivity contribution in [1.29, 1.82) is 0 Å². The molecule has 0 aromatic heterocycles. The third kappa shape index (κ3) is 1.91. The Morgan fingerprint density at radius 3 is 2.82 bits per heavy atom. The molecule has 1 fully saturated rings. The van der Waals surface area contributed by atoms with Gasteiger partial charge in [0.2, 0.25) is 0 Å². The maximum absolute atomic E-state index is 6.19. The summed E-state index contributed by atoms with van der Waals surface area (Å²) in [5.74, 6) is 0.964. The number of piperidine rings is 1. The van der Waals surface area contributed by atoms with Crippen molar-refractivity contribution < 1.29 is 4.74 Å². The van der Waals surface area contributed by atoms with Crippen LogP contribution in [0.5, 0.6) is 5.75 Å². The molecule has 0 aliphatic carbocycles. The summed E-state index contributed by atoms with van der Waals surface area (Å²) >= 11 is 0. The number of nitrogens with zero attached hydrogens (tertiary/aromatic N) is 1. The first-order valence-electron chi connectivity index (χ1n) is 6.13. The summed E-state index contributed by atoms with van der Waals surface area (Å²) in [6, 6.07) is 5.85. The van der Waals surface area contributed by atoms with Crippen molar-refractivity contribution in [3.8, 4) is 5.75 Å². The lowest BCUT2D eigenvalue weighted by Gasteiger charge is -2.40. The fourth-order valence-corrected chi connectivity index (χ4v) is 2.55. The van der Waals surface area contributed by atoms with Crippen molar-refractivity contribution in [3.63, 3.8) is 0 Å². The molecule has 3 nitrogen and oxygen atoms in total. The Labute approximate surface area is 102 Å². The molecule has 0 atom stereocenters. The Morgan fingerprint density at radius 2 is 2.06 bits per heavy atom. The normalized spacial score (nSPS) is 22.2. The molecule has 0 bridgehead atoms. The van der Waals surface area contributed by atoms with Crippen LogP contribution in [0.2, 0.25) is 0 Å². The van der Waals surface area contributed by atoms with E-state index in [0.29, 0.717) is 0 Å². The van der Waals surface area contributed by atoms with Gasteiger partial charge in [0.25, 0.3) is 0 Å². The summed E-state index contributed by atoms with van der Waals surface area (Å²) in [6.45, 7) is 2.18. The standard InChI is InChI=1S/C14H18N2O/c1-16-8-6-14(7-9-16)5-4-11-10-12(15)2-3-13(11)17-14/h2-5,10H,6-9,15H2,1H3. The summed E-state index contributed by atoms with van der Waals surface area (Å²) in [7, 11) is 2.16. The van der Waals surface area contributed by atoms with Crippen molar-refractivity contribution in [2.75, 3.05) is 25.9 Å². The van der Waals surface area contributed by atoms with Gasteiger partial charge in [-0.15, -0.1) is 0 Å². The van der Waals surface area contributed by atoms with Crippen LogP contribution in [-0.2, 0) is 0 Å². The highest BCUT2D eigenvalue weighted by Crippen LogP contribution is 2.37. The fraction of sp³-hybridized carbons (Fsp3) is 0.429. The molecular weight excluding hydrogens is 212 g/mol. The van der Waals surface area contributed by atoms with E-state index in [-0.39, 0.29) is 5.60 Å². The van der Waals surface area contributed by atoms with Gasteiger partial charge in [-0.3, -0.25) is 0 Å². The zero-order chi connectivity index (χ0) is 11.9. The predicted octanol–water partition coefficient (Wildman–Crippen LogP) is 2.14. The zero-order valence-corrected chi connectivity index (χ0v) is 10.1. The zero-order valence-electron chi connectivity index (χ0n) is 10.1. The van der Waals surface area contributed by atoms with Crippen LogP contribution in [0.4, 0.5) is 5.69 Å². The van der Waals surface area contributed by atoms with Crippen LogP contribution in [0.15, 0.2) is 24.3 Å². The van der Waals surface area contributed by atoms with E-state index >= 15 is 0 Å². The molecule has 2 heterocycles. The summed E-state index contributed by atoms with van der Waals surface area (Å²) in [4.78, 5) is 2.35. The number of ether oxygens (including phenoxy) is 1. The lowest BCUT2D eigenvalue weighted by Crippen LogP contribution is -2.46. The molecule has 2 aliphatic heterocycles. The van der Waals surface area contributed by atoms with Gasteiger partial charge >= 0.3 is 0 Å². The van der Waals surface area contributed by atoms with Gasteiger partial charge in [0.05, 0.1) is 0 Å². The molecule has 1 saturated heterocycles. The monoisotopic (exact) mass is 230 g/mol. The lowest BCUT2D eigenvalue weighted by molar-refractivity contribution is 0.0473. The number of hydrogen-bond donors (Lipinski definition) is 1. The molecule has 2 N–H and O–H groups in total. The smallest absolute Gasteiger partial charge is 0.130 e. The lowest BCUT2D eigenvalue weighted by atomic mass is 9.88. The van der Waals surface area contributed by atoms with Gasteiger partial charge in [-0.05, 0) is 31.3 Å². The second kappa shape index (κ2) is 3.77. The van der Waals surface area contributed by atoms with Crippen LogP contribution in [-0.4, -0.2) is 30.6 Å². The van der Waals surface area contributed by atoms with E-state index in [4.69, 9.17) is 10.5 Å². The average Bonchev–Trinajstić information content (AvgIpc) is 2.34. The molecule has 1 aromatic rings. The van der Waals surface area contributed by atoms with Crippen LogP contribution in [0, 0.1) is 0 Å². The Bertz CT molecular complexity index is 459. The number of nitrogens with two attached hydrogens (primary N) is 1. The van der Waals surface area contributed by atoms with E-state index in [1.54, 1.807) is 0 Å². The van der Waals surface area contributed by atoms with Crippen LogP contribution in [0.1, 0.15) is 18.4 Å². The van der Waals surface area contributed by atoms with E-state index in [1.165, 1.54) is 0 Å². The predicted molar refractivity (Wildman–Crippen MR) is 70.0 cm³/mol. The second-order valence-corrected chi connectivity index (χ2v) is 5.10. The van der Waals surface area contributed by atoms with Crippen molar-refractivity contribution in [2.24, 2.45) is 0 Å². The molecule has 3 rings (SSSR count). The van der Waals surface area contributed by atoms with Crippen molar-refractivity contribution in [1.82, 2.24) is 4.90 Å². The van der Waals surface area contributed by atoms with E-state index < -0.39 is 0 Å². The maximum Gasteiger partial charge on any atom is 0.130 e. The number of anilines is 1. The van der Waals surface area contributed by atoms with E-state index in [1.807, 2.05) is 18.2 Å². The number of rotatable bonds is 0. The second-order valence-electron chi connectivity index (χ2n) is 5.10. The van der Waals surface area contributed by atoms with Crippen LogP contribution in [0.3, 0.4) is 0 Å². The number of benzene rings is 1. The van der Waals surface area contributed by atoms with E-state index in [2.05, 4.69) is 24.1 Å². The molecule has 1 spiro atoms. The molecule has 3 heteroatoms. The Balaban J connectivity index is 1.88. The first-order chi connectivity index (χ1) is 8.17. The SMILES string of the molecule is CN1CCC2(C=Cc3cc(N)ccc3O2)CC1. The van der Waals surface area contributed by atoms with Gasteiger partial charge in [0, 0.05) is 37.2 Å². The highest BCUT2D eigenvalue weighted by molar-refractivity contribution is 5.65. The fourth-order valence-electron chi connectivity index (χ4n) is 2.55. The van der Waals surface area contributed by atoms with Gasteiger partial charge in [-0.2, -0.15) is 0 Å². The third-order valence-electron chi connectivity index (χ3n) is 3.75. The molecule has 0 radical (unpaired) electrons. The first kappa shape index (κ1) is 10.7. The van der Waals surface area contributed by atoms with Gasteiger partial charge in [0.1, 0.15) is 11.4 Å². The van der Waals surface area contributed by atoms with E-state index in [9.17, 15) is 0 Å². The quantitative estimate of drug-likeness (QED) is 0.694. The number of fused-ring (bicyclic) bond motifs is 1. The highest BCUT2D eigenvalue weighted by Gasteiger charge is 2.35. The van der Waals surface area contributed by atoms with Gasteiger partial charge < -0.3 is 15.4 Å². The topological polar surface area (TPSA) is 38.5 Å². The summed E-state index contributed by atoms with van der Waals surface area (Å²) < 4.78 is 6.19. The highest BCUT2D eigenvalue weighted by atomic mass is 16.5. The number of hydrogen-bond acceptors (Lipinski definition) is 3. The van der Waals surface area contributed by atoms with Gasteiger partial charge in [0.15, 0.2) is 0 Å². The van der Waals surface area contributed by atoms with Crippen molar-refractivity contribution in [2.45, 2.75) is 18.4 Å². The molecule has 2 aliphatic rings. The Hall–Kier alpha value is -1.48. The maximum atomic E-state index is 6.19. The third-order valence-corrected chi connectivity index (χ3v) is 3.75. The largest absolute Gasteiger partial charge is 0.482 e. The summed E-state index contributed by atoms with van der Waals surface area (Å²) in [6.07, 6.45) is 6.48. The van der Waals surface area contributed by atoms with Gasteiger partial charge in [-0.1, -0.05) is 6.08 Å². The molecule has 17 heavy (non-hydrogen) atoms. The summed E-state index contributed by atoms with van der Waals surface area (Å²) in [5, 5.41) is 0. The Kier molecular flexibility index (Phi) is 2.37. The minimum absolute atomic E-state index is 0.0877. The van der Waals surface area contributed by atoms with Crippen LogP contribution in [0.25, 0.3) is 6.08 Å².